The molecular weight excluding hydrogens is 356 g/mol. The number of esters is 1. The molecule has 23 heavy (non-hydrogen) atoms. The van der Waals surface area contributed by atoms with Crippen LogP contribution in [0.1, 0.15) is 44.7 Å². The van der Waals surface area contributed by atoms with Crippen LogP contribution in [0.15, 0.2) is 46.9 Å². The Kier molecular flexibility index (Phi) is 4.91. The van der Waals surface area contributed by atoms with Gasteiger partial charge in [-0.1, -0.05) is 28.1 Å². The number of carbonyl (C=O) groups excluding carboxylic acids is 2. The topological polar surface area (TPSA) is 43.4 Å². The molecule has 0 bridgehead atoms. The summed E-state index contributed by atoms with van der Waals surface area (Å²) in [5, 5.41) is 0. The van der Waals surface area contributed by atoms with E-state index in [4.69, 9.17) is 4.74 Å². The van der Waals surface area contributed by atoms with E-state index >= 15 is 0 Å². The highest BCUT2D eigenvalue weighted by molar-refractivity contribution is 9.10. The Morgan fingerprint density at radius 1 is 0.913 bits per heavy atom. The van der Waals surface area contributed by atoms with Gasteiger partial charge in [-0.15, -0.1) is 0 Å². The maximum atomic E-state index is 12.2. The van der Waals surface area contributed by atoms with Crippen LogP contribution in [0.25, 0.3) is 0 Å². The molecule has 1 aliphatic carbocycles. The lowest BCUT2D eigenvalue weighted by atomic mass is 9.90. The summed E-state index contributed by atoms with van der Waals surface area (Å²) in [6.07, 6.45) is 4.49. The van der Waals surface area contributed by atoms with Gasteiger partial charge in [0.15, 0.2) is 12.4 Å². The first-order chi connectivity index (χ1) is 11.1. The molecule has 0 aromatic heterocycles. The monoisotopic (exact) mass is 372 g/mol. The van der Waals surface area contributed by atoms with E-state index in [9.17, 15) is 9.59 Å². The highest BCUT2D eigenvalue weighted by Crippen LogP contribution is 2.22. The van der Waals surface area contributed by atoms with Gasteiger partial charge in [-0.2, -0.15) is 0 Å². The summed E-state index contributed by atoms with van der Waals surface area (Å²) in [5.41, 5.74) is 3.64. The van der Waals surface area contributed by atoms with E-state index < -0.39 is 5.97 Å². The summed E-state index contributed by atoms with van der Waals surface area (Å²) in [4.78, 5) is 24.2. The molecule has 3 rings (SSSR count). The van der Waals surface area contributed by atoms with Crippen LogP contribution in [-0.4, -0.2) is 18.4 Å². The fourth-order valence-corrected chi connectivity index (χ4v) is 3.05. The molecule has 4 heteroatoms. The van der Waals surface area contributed by atoms with E-state index in [0.717, 1.165) is 17.3 Å². The second-order valence-electron chi connectivity index (χ2n) is 5.70. The molecule has 118 valence electrons. The van der Waals surface area contributed by atoms with E-state index in [0.29, 0.717) is 11.1 Å². The summed E-state index contributed by atoms with van der Waals surface area (Å²) < 4.78 is 6.01. The third kappa shape index (κ3) is 3.88. The van der Waals surface area contributed by atoms with Gasteiger partial charge in [-0.05, 0) is 67.1 Å². The largest absolute Gasteiger partial charge is 0.454 e. The molecule has 0 saturated heterocycles. The van der Waals surface area contributed by atoms with Crippen molar-refractivity contribution in [1.82, 2.24) is 0 Å². The summed E-state index contributed by atoms with van der Waals surface area (Å²) in [7, 11) is 0. The Morgan fingerprint density at radius 2 is 1.57 bits per heavy atom. The Hall–Kier alpha value is -1.94. The number of ether oxygens (including phenoxy) is 1. The third-order valence-corrected chi connectivity index (χ3v) is 4.61. The van der Waals surface area contributed by atoms with Crippen molar-refractivity contribution in [3.8, 4) is 0 Å². The van der Waals surface area contributed by atoms with Crippen LogP contribution in [-0.2, 0) is 17.6 Å². The fourth-order valence-electron chi connectivity index (χ4n) is 2.79. The predicted molar refractivity (Wildman–Crippen MR) is 91.8 cm³/mol. The molecule has 0 unspecified atom stereocenters. The molecule has 0 aliphatic heterocycles. The van der Waals surface area contributed by atoms with Crippen molar-refractivity contribution in [2.24, 2.45) is 0 Å². The minimum absolute atomic E-state index is 0.163. The Bertz CT molecular complexity index is 735. The number of fused-ring (bicyclic) bond motifs is 1. The van der Waals surface area contributed by atoms with Crippen LogP contribution in [0.3, 0.4) is 0 Å². The van der Waals surface area contributed by atoms with Crippen LogP contribution in [0.5, 0.6) is 0 Å². The zero-order valence-corrected chi connectivity index (χ0v) is 14.3. The molecule has 0 N–H and O–H groups in total. The van der Waals surface area contributed by atoms with Crippen molar-refractivity contribution < 1.29 is 14.3 Å². The molecule has 0 amide bonds. The van der Waals surface area contributed by atoms with Crippen molar-refractivity contribution in [3.05, 3.63) is 69.2 Å². The number of aryl methyl sites for hydroxylation is 2. The smallest absolute Gasteiger partial charge is 0.338 e. The van der Waals surface area contributed by atoms with E-state index in [2.05, 4.69) is 15.9 Å². The molecule has 2 aromatic rings. The van der Waals surface area contributed by atoms with Gasteiger partial charge in [0.1, 0.15) is 0 Å². The van der Waals surface area contributed by atoms with Gasteiger partial charge in [0, 0.05) is 10.0 Å². The molecule has 0 saturated carbocycles. The lowest BCUT2D eigenvalue weighted by molar-refractivity contribution is 0.0474. The summed E-state index contributed by atoms with van der Waals surface area (Å²) in [6.45, 7) is -0.228. The number of carbonyl (C=O) groups is 2. The lowest BCUT2D eigenvalue weighted by Gasteiger charge is -2.16. The van der Waals surface area contributed by atoms with E-state index in [1.165, 1.54) is 24.0 Å². The maximum Gasteiger partial charge on any atom is 0.338 e. The lowest BCUT2D eigenvalue weighted by Crippen LogP contribution is -2.15. The Balaban J connectivity index is 1.63. The zero-order chi connectivity index (χ0) is 16.2. The number of hydrogen-bond acceptors (Lipinski definition) is 3. The van der Waals surface area contributed by atoms with E-state index in [1.54, 1.807) is 24.3 Å². The zero-order valence-electron chi connectivity index (χ0n) is 12.7. The van der Waals surface area contributed by atoms with E-state index in [-0.39, 0.29) is 12.4 Å². The molecule has 0 heterocycles. The molecule has 2 aromatic carbocycles. The fraction of sp³-hybridized carbons (Fsp3) is 0.263. The number of ketones is 1. The van der Waals surface area contributed by atoms with Crippen molar-refractivity contribution in [2.45, 2.75) is 25.7 Å². The SMILES string of the molecule is O=C(COC(=O)c1ccc(Br)cc1)c1ccc2c(c1)CCCC2. The number of halogens is 1. The van der Waals surface area contributed by atoms with Crippen molar-refractivity contribution in [3.63, 3.8) is 0 Å². The first kappa shape index (κ1) is 15.9. The van der Waals surface area contributed by atoms with Crippen LogP contribution >= 0.6 is 15.9 Å². The predicted octanol–water partition coefficient (Wildman–Crippen LogP) is 4.37. The molecule has 0 fully saturated rings. The maximum absolute atomic E-state index is 12.2. The molecule has 3 nitrogen and oxygen atoms in total. The highest BCUT2D eigenvalue weighted by atomic mass is 79.9. The van der Waals surface area contributed by atoms with Crippen molar-refractivity contribution >= 4 is 27.7 Å². The number of Topliss-reactive ketones (excluding diaryl/α,β-unsaturated/α-hetero) is 1. The van der Waals surface area contributed by atoms with Gasteiger partial charge >= 0.3 is 5.97 Å². The first-order valence-electron chi connectivity index (χ1n) is 7.71. The summed E-state index contributed by atoms with van der Waals surface area (Å²) >= 11 is 3.31. The average molecular weight is 373 g/mol. The van der Waals surface area contributed by atoms with Gasteiger partial charge in [0.2, 0.25) is 0 Å². The molecular formula is C19H17BrO3. The van der Waals surface area contributed by atoms with Crippen LogP contribution in [0.2, 0.25) is 0 Å². The van der Waals surface area contributed by atoms with Crippen LogP contribution in [0.4, 0.5) is 0 Å². The second kappa shape index (κ2) is 7.09. The highest BCUT2D eigenvalue weighted by Gasteiger charge is 2.15. The normalized spacial score (nSPS) is 13.3. The van der Waals surface area contributed by atoms with Gasteiger partial charge in [-0.25, -0.2) is 4.79 Å². The Labute approximate surface area is 143 Å². The molecule has 0 radical (unpaired) electrons. The minimum atomic E-state index is -0.483. The number of rotatable bonds is 4. The average Bonchev–Trinajstić information content (AvgIpc) is 2.59. The standard InChI is InChI=1S/C19H17BrO3/c20-17-9-7-14(8-10-17)19(22)23-12-18(21)16-6-5-13-3-1-2-4-15(13)11-16/h5-11H,1-4,12H2. The van der Waals surface area contributed by atoms with Crippen molar-refractivity contribution in [2.75, 3.05) is 6.61 Å². The molecule has 1 aliphatic rings. The number of benzene rings is 2. The summed E-state index contributed by atoms with van der Waals surface area (Å²) in [6, 6.07) is 12.7. The minimum Gasteiger partial charge on any atom is -0.454 e. The van der Waals surface area contributed by atoms with Gasteiger partial charge in [0.05, 0.1) is 5.56 Å². The summed E-state index contributed by atoms with van der Waals surface area (Å²) in [5.74, 6) is -0.646. The third-order valence-electron chi connectivity index (χ3n) is 4.08. The Morgan fingerprint density at radius 3 is 2.30 bits per heavy atom. The van der Waals surface area contributed by atoms with Crippen LogP contribution in [0, 0.1) is 0 Å². The second-order valence-corrected chi connectivity index (χ2v) is 6.61. The van der Waals surface area contributed by atoms with Gasteiger partial charge < -0.3 is 4.74 Å². The molecule has 0 spiro atoms. The first-order valence-corrected chi connectivity index (χ1v) is 8.50. The van der Waals surface area contributed by atoms with Crippen molar-refractivity contribution in [1.29, 1.82) is 0 Å². The molecule has 0 atom stereocenters. The van der Waals surface area contributed by atoms with E-state index in [1.807, 2.05) is 18.2 Å². The number of hydrogen-bond donors (Lipinski definition) is 0. The van der Waals surface area contributed by atoms with Crippen LogP contribution < -0.4 is 0 Å². The van der Waals surface area contributed by atoms with Gasteiger partial charge in [0.25, 0.3) is 0 Å². The quantitative estimate of drug-likeness (QED) is 0.591. The van der Waals surface area contributed by atoms with Gasteiger partial charge in [-0.3, -0.25) is 4.79 Å².